The molecular formula is C21H28N2O2S. The summed E-state index contributed by atoms with van der Waals surface area (Å²) >= 11 is 0. The van der Waals surface area contributed by atoms with Gasteiger partial charge in [0.05, 0.1) is 0 Å². The van der Waals surface area contributed by atoms with Crippen molar-refractivity contribution in [1.29, 1.82) is 0 Å². The van der Waals surface area contributed by atoms with Crippen molar-refractivity contribution in [1.82, 2.24) is 9.88 Å². The quantitative estimate of drug-likeness (QED) is 0.711. The lowest BCUT2D eigenvalue weighted by Gasteiger charge is -2.23. The molecule has 0 saturated carbocycles. The van der Waals surface area contributed by atoms with Gasteiger partial charge < -0.3 is 4.90 Å². The predicted octanol–water partition coefficient (Wildman–Crippen LogP) is 3.89. The molecule has 26 heavy (non-hydrogen) atoms. The van der Waals surface area contributed by atoms with Crippen LogP contribution in [0.25, 0.3) is 0 Å². The summed E-state index contributed by atoms with van der Waals surface area (Å²) in [6.45, 7) is 13.6. The number of hydrogen-bond donors (Lipinski definition) is 0. The topological polar surface area (TPSA) is 50.3 Å². The Balaban J connectivity index is 2.08. The number of allylic oxidation sites excluding steroid dienone is 3. The van der Waals surface area contributed by atoms with Crippen LogP contribution in [-0.2, 0) is 16.3 Å². The van der Waals surface area contributed by atoms with Crippen LogP contribution in [0.3, 0.4) is 0 Å². The first-order valence-corrected chi connectivity index (χ1v) is 10.7. The lowest BCUT2D eigenvalue weighted by Crippen LogP contribution is -2.23. The first-order chi connectivity index (χ1) is 12.2. The van der Waals surface area contributed by atoms with E-state index in [-0.39, 0.29) is 0 Å². The van der Waals surface area contributed by atoms with Crippen LogP contribution in [0.5, 0.6) is 0 Å². The Morgan fingerprint density at radius 3 is 2.65 bits per heavy atom. The van der Waals surface area contributed by atoms with Gasteiger partial charge in [-0.1, -0.05) is 25.3 Å². The highest BCUT2D eigenvalue weighted by Gasteiger charge is 2.17. The summed E-state index contributed by atoms with van der Waals surface area (Å²) < 4.78 is 23.5. The monoisotopic (exact) mass is 372 g/mol. The summed E-state index contributed by atoms with van der Waals surface area (Å²) in [5.41, 5.74) is 5.34. The van der Waals surface area contributed by atoms with Gasteiger partial charge in [0.15, 0.2) is 9.84 Å². The van der Waals surface area contributed by atoms with Crippen molar-refractivity contribution in [2.24, 2.45) is 0 Å². The maximum atomic E-state index is 11.8. The first-order valence-electron chi connectivity index (χ1n) is 8.79. The molecular weight excluding hydrogens is 344 g/mol. The number of aromatic nitrogens is 1. The minimum absolute atomic E-state index is 0.522. The molecule has 1 aliphatic heterocycles. The summed E-state index contributed by atoms with van der Waals surface area (Å²) in [5, 5.41) is 0. The number of pyridine rings is 1. The van der Waals surface area contributed by atoms with Crippen molar-refractivity contribution in [3.63, 3.8) is 0 Å². The minimum Gasteiger partial charge on any atom is -0.371 e. The largest absolute Gasteiger partial charge is 0.371 e. The normalized spacial score (nSPS) is 16.0. The molecule has 0 radical (unpaired) electrons. The average molecular weight is 373 g/mol. The lowest BCUT2D eigenvalue weighted by molar-refractivity contribution is 0.375. The molecule has 0 unspecified atom stereocenters. The Bertz CT molecular complexity index is 864. The van der Waals surface area contributed by atoms with E-state index < -0.39 is 9.84 Å². The van der Waals surface area contributed by atoms with E-state index in [0.29, 0.717) is 30.7 Å². The molecule has 0 aromatic carbocycles. The molecule has 4 nitrogen and oxygen atoms in total. The zero-order valence-electron chi connectivity index (χ0n) is 16.0. The molecule has 0 saturated heterocycles. The molecule has 0 spiro atoms. The van der Waals surface area contributed by atoms with Crippen LogP contribution in [0.2, 0.25) is 0 Å². The highest BCUT2D eigenvalue weighted by Crippen LogP contribution is 2.20. The van der Waals surface area contributed by atoms with Crippen molar-refractivity contribution in [2.75, 3.05) is 19.3 Å². The van der Waals surface area contributed by atoms with Gasteiger partial charge in [0, 0.05) is 54.7 Å². The van der Waals surface area contributed by atoms with Gasteiger partial charge in [0.1, 0.15) is 0 Å². The Morgan fingerprint density at radius 2 is 2.04 bits per heavy atom. The lowest BCUT2D eigenvalue weighted by atomic mass is 10.1. The molecule has 0 amide bonds. The van der Waals surface area contributed by atoms with Gasteiger partial charge in [-0.2, -0.15) is 0 Å². The van der Waals surface area contributed by atoms with Gasteiger partial charge in [-0.05, 0) is 49.1 Å². The Kier molecular flexibility index (Phi) is 6.59. The highest BCUT2D eigenvalue weighted by atomic mass is 32.2. The number of sulfone groups is 1. The van der Waals surface area contributed by atoms with E-state index >= 15 is 0 Å². The molecule has 5 heteroatoms. The highest BCUT2D eigenvalue weighted by molar-refractivity contribution is 7.94. The second-order valence-electron chi connectivity index (χ2n) is 6.82. The van der Waals surface area contributed by atoms with Crippen LogP contribution in [-0.4, -0.2) is 37.6 Å². The number of nitrogens with zero attached hydrogens (tertiary/aromatic N) is 2. The fourth-order valence-electron chi connectivity index (χ4n) is 2.94. The van der Waals surface area contributed by atoms with Gasteiger partial charge >= 0.3 is 0 Å². The Hall–Kier alpha value is -2.14. The van der Waals surface area contributed by atoms with Gasteiger partial charge in [0.2, 0.25) is 0 Å². The molecule has 1 aromatic heterocycles. The van der Waals surface area contributed by atoms with E-state index in [1.54, 1.807) is 0 Å². The standard InChI is InChI=1S/C21H28N2O2S/c1-6-19(14-20-12-16(2)17(3)15-22-20)13-18(4)23-10-7-8-21(9-11-23)26(5,24)25/h6,8,12-13,15H,1,4,7,9-11,14H2,2-3,5H3. The molecule has 140 valence electrons. The SMILES string of the molecule is C=CC(=CC(=C)N1CCC=C(S(C)(=O)=O)CC1)Cc1cc(C)c(C)cn1. The minimum atomic E-state index is -3.11. The van der Waals surface area contributed by atoms with E-state index in [9.17, 15) is 8.42 Å². The zero-order valence-corrected chi connectivity index (χ0v) is 16.8. The second kappa shape index (κ2) is 8.49. The van der Waals surface area contributed by atoms with E-state index in [0.717, 1.165) is 23.5 Å². The molecule has 0 fully saturated rings. The summed E-state index contributed by atoms with van der Waals surface area (Å²) in [7, 11) is -3.11. The second-order valence-corrected chi connectivity index (χ2v) is 8.89. The molecule has 0 bridgehead atoms. The summed E-state index contributed by atoms with van der Waals surface area (Å²) in [4.78, 5) is 7.15. The van der Waals surface area contributed by atoms with Crippen molar-refractivity contribution in [3.05, 3.63) is 76.6 Å². The van der Waals surface area contributed by atoms with Crippen molar-refractivity contribution in [2.45, 2.75) is 33.1 Å². The van der Waals surface area contributed by atoms with Crippen molar-refractivity contribution in [3.8, 4) is 0 Å². The Labute approximate surface area is 157 Å². The van der Waals surface area contributed by atoms with Crippen LogP contribution >= 0.6 is 0 Å². The third-order valence-corrected chi connectivity index (χ3v) is 6.03. The molecule has 2 rings (SSSR count). The van der Waals surface area contributed by atoms with Crippen molar-refractivity contribution < 1.29 is 8.42 Å². The summed E-state index contributed by atoms with van der Waals surface area (Å²) in [5.74, 6) is 0. The number of hydrogen-bond acceptors (Lipinski definition) is 4. The Morgan fingerprint density at radius 1 is 1.31 bits per heavy atom. The van der Waals surface area contributed by atoms with Crippen LogP contribution in [0.15, 0.2) is 59.8 Å². The van der Waals surface area contributed by atoms with E-state index in [2.05, 4.69) is 43.0 Å². The van der Waals surface area contributed by atoms with E-state index in [1.165, 1.54) is 17.4 Å². The smallest absolute Gasteiger partial charge is 0.171 e. The van der Waals surface area contributed by atoms with Gasteiger partial charge in [-0.25, -0.2) is 8.42 Å². The van der Waals surface area contributed by atoms with Crippen LogP contribution < -0.4 is 0 Å². The van der Waals surface area contributed by atoms with Gasteiger partial charge in [0.25, 0.3) is 0 Å². The number of aryl methyl sites for hydroxylation is 2. The summed E-state index contributed by atoms with van der Waals surface area (Å²) in [6.07, 6.45) is 10.8. The molecule has 0 N–H and O–H groups in total. The van der Waals surface area contributed by atoms with E-state index in [4.69, 9.17) is 0 Å². The van der Waals surface area contributed by atoms with Gasteiger partial charge in [-0.3, -0.25) is 4.98 Å². The molecule has 2 heterocycles. The number of rotatable bonds is 6. The molecule has 1 aromatic rings. The molecule has 1 aliphatic rings. The fraction of sp³-hybridized carbons (Fsp3) is 0.381. The predicted molar refractivity (Wildman–Crippen MR) is 109 cm³/mol. The molecule has 0 atom stereocenters. The fourth-order valence-corrected chi connectivity index (χ4v) is 3.82. The molecule has 0 aliphatic carbocycles. The van der Waals surface area contributed by atoms with Crippen LogP contribution in [0, 0.1) is 13.8 Å². The first kappa shape index (κ1) is 20.2. The maximum Gasteiger partial charge on any atom is 0.171 e. The van der Waals surface area contributed by atoms with Gasteiger partial charge in [-0.15, -0.1) is 0 Å². The third-order valence-electron chi connectivity index (χ3n) is 4.71. The average Bonchev–Trinajstić information content (AvgIpc) is 2.83. The summed E-state index contributed by atoms with van der Waals surface area (Å²) in [6, 6.07) is 2.10. The van der Waals surface area contributed by atoms with E-state index in [1.807, 2.05) is 24.4 Å². The third kappa shape index (κ3) is 5.43. The van der Waals surface area contributed by atoms with Crippen molar-refractivity contribution >= 4 is 9.84 Å². The zero-order chi connectivity index (χ0) is 19.3. The van der Waals surface area contributed by atoms with Crippen LogP contribution in [0.1, 0.15) is 29.7 Å². The van der Waals surface area contributed by atoms with Crippen LogP contribution in [0.4, 0.5) is 0 Å². The maximum absolute atomic E-state index is 11.8.